The molecule has 2 aromatic heterocycles. The van der Waals surface area contributed by atoms with Crippen LogP contribution in [0.25, 0.3) is 22.2 Å². The Labute approximate surface area is 200 Å². The van der Waals surface area contributed by atoms with Crippen molar-refractivity contribution in [2.75, 3.05) is 12.3 Å². The number of aromatic nitrogens is 3. The Balaban J connectivity index is 1.72. The van der Waals surface area contributed by atoms with Crippen LogP contribution in [0, 0.1) is 0 Å². The van der Waals surface area contributed by atoms with Crippen LogP contribution in [0.2, 0.25) is 0 Å². The number of nitrogen functional groups attached to an aromatic ring is 1. The van der Waals surface area contributed by atoms with Gasteiger partial charge in [-0.15, -0.1) is 0 Å². The molecule has 2 aromatic carbocycles. The molecule has 0 atom stereocenters. The highest BCUT2D eigenvalue weighted by molar-refractivity contribution is 6.10. The molecular formula is C27H32N6O. The molecule has 4 rings (SSSR count). The maximum Gasteiger partial charge on any atom is 0.257 e. The van der Waals surface area contributed by atoms with E-state index in [1.54, 1.807) is 6.21 Å². The first-order valence-electron chi connectivity index (χ1n) is 12.0. The van der Waals surface area contributed by atoms with Crippen LogP contribution in [0.15, 0.2) is 53.6 Å². The Bertz CT molecular complexity index is 1320. The highest BCUT2D eigenvalue weighted by Crippen LogP contribution is 2.28. The first-order valence-corrected chi connectivity index (χ1v) is 12.0. The van der Waals surface area contributed by atoms with Gasteiger partial charge in [-0.1, -0.05) is 76.4 Å². The summed E-state index contributed by atoms with van der Waals surface area (Å²) in [4.78, 5) is 22.6. The summed E-state index contributed by atoms with van der Waals surface area (Å²) in [6.45, 7) is 7.08. The number of fused-ring (bicyclic) bond motifs is 2. The van der Waals surface area contributed by atoms with Gasteiger partial charge in [0.15, 0.2) is 5.65 Å². The third-order valence-electron chi connectivity index (χ3n) is 5.94. The molecule has 1 amide bonds. The normalized spacial score (nSPS) is 11.8. The molecule has 0 aliphatic rings. The number of carbonyl (C=O) groups excluding carboxylic acids is 1. The molecule has 3 N–H and O–H groups in total. The van der Waals surface area contributed by atoms with Crippen molar-refractivity contribution in [2.45, 2.75) is 52.4 Å². The lowest BCUT2D eigenvalue weighted by Gasteiger charge is -2.05. The van der Waals surface area contributed by atoms with Gasteiger partial charge in [0.2, 0.25) is 0 Å². The number of amides is 1. The van der Waals surface area contributed by atoms with E-state index in [-0.39, 0.29) is 11.7 Å². The molecule has 0 unspecified atom stereocenters. The van der Waals surface area contributed by atoms with Gasteiger partial charge in [0.05, 0.1) is 17.2 Å². The van der Waals surface area contributed by atoms with Crippen molar-refractivity contribution < 1.29 is 4.79 Å². The summed E-state index contributed by atoms with van der Waals surface area (Å²) in [5, 5.41) is 7.58. The van der Waals surface area contributed by atoms with Crippen LogP contribution >= 0.6 is 0 Å². The molecule has 176 valence electrons. The second-order valence-electron chi connectivity index (χ2n) is 8.84. The lowest BCUT2D eigenvalue weighted by molar-refractivity contribution is 0.0955. The lowest BCUT2D eigenvalue weighted by Crippen LogP contribution is -2.25. The molecule has 0 fully saturated rings. The summed E-state index contributed by atoms with van der Waals surface area (Å²) in [6.07, 6.45) is 6.04. The number of para-hydroxylation sites is 2. The molecule has 2 heterocycles. The minimum atomic E-state index is -0.251. The lowest BCUT2D eigenvalue weighted by atomic mass is 10.0. The second kappa shape index (κ2) is 10.5. The predicted molar refractivity (Wildman–Crippen MR) is 139 cm³/mol. The number of unbranched alkanes of at least 4 members (excludes halogenated alkanes) is 3. The standard InChI is InChI=1S/C27H32N6O/c1-4-5-6-9-16-29-27(34)23-24-26(32-22-11-8-7-10-21(22)31-24)33(25(23)28)30-17-19-12-14-20(15-13-19)18(2)3/h7-8,10-15,17-18H,4-6,9,16,28H2,1-3H3,(H,29,34)/b30-17+. The maximum atomic E-state index is 13.1. The highest BCUT2D eigenvalue weighted by atomic mass is 16.1. The van der Waals surface area contributed by atoms with E-state index in [2.05, 4.69) is 43.3 Å². The van der Waals surface area contributed by atoms with E-state index in [0.717, 1.165) is 36.8 Å². The number of anilines is 1. The molecule has 0 bridgehead atoms. The molecule has 4 aromatic rings. The van der Waals surface area contributed by atoms with E-state index in [4.69, 9.17) is 15.7 Å². The van der Waals surface area contributed by atoms with Gasteiger partial charge < -0.3 is 11.1 Å². The number of nitrogens with two attached hydrogens (primary N) is 1. The minimum absolute atomic E-state index is 0.228. The summed E-state index contributed by atoms with van der Waals surface area (Å²) >= 11 is 0. The van der Waals surface area contributed by atoms with Crippen LogP contribution in [-0.4, -0.2) is 33.3 Å². The first-order chi connectivity index (χ1) is 16.5. The first kappa shape index (κ1) is 23.4. The SMILES string of the molecule is CCCCCCNC(=O)c1c(N)n(/N=C/c2ccc(C(C)C)cc2)c2nc3ccccc3nc12. The van der Waals surface area contributed by atoms with Crippen LogP contribution in [0.4, 0.5) is 5.82 Å². The average Bonchev–Trinajstić information content (AvgIpc) is 3.11. The third kappa shape index (κ3) is 4.93. The Morgan fingerprint density at radius 3 is 2.44 bits per heavy atom. The minimum Gasteiger partial charge on any atom is -0.383 e. The molecule has 0 aliphatic heterocycles. The van der Waals surface area contributed by atoms with Gasteiger partial charge in [0.1, 0.15) is 16.9 Å². The van der Waals surface area contributed by atoms with E-state index in [9.17, 15) is 4.79 Å². The van der Waals surface area contributed by atoms with Crippen LogP contribution in [-0.2, 0) is 0 Å². The Morgan fingerprint density at radius 2 is 1.76 bits per heavy atom. The number of rotatable bonds is 9. The van der Waals surface area contributed by atoms with Crippen LogP contribution in [0.3, 0.4) is 0 Å². The second-order valence-corrected chi connectivity index (χ2v) is 8.84. The van der Waals surface area contributed by atoms with Crippen molar-refractivity contribution in [3.63, 3.8) is 0 Å². The van der Waals surface area contributed by atoms with Crippen molar-refractivity contribution in [2.24, 2.45) is 5.10 Å². The van der Waals surface area contributed by atoms with E-state index < -0.39 is 0 Å². The number of hydrogen-bond donors (Lipinski definition) is 2. The molecular weight excluding hydrogens is 424 g/mol. The number of nitrogens with zero attached hydrogens (tertiary/aromatic N) is 4. The predicted octanol–water partition coefficient (Wildman–Crippen LogP) is 5.48. The zero-order chi connectivity index (χ0) is 24.1. The van der Waals surface area contributed by atoms with Crippen molar-refractivity contribution in [1.82, 2.24) is 20.0 Å². The molecule has 7 heteroatoms. The van der Waals surface area contributed by atoms with Crippen LogP contribution < -0.4 is 11.1 Å². The molecule has 0 saturated heterocycles. The maximum absolute atomic E-state index is 13.1. The van der Waals surface area contributed by atoms with Crippen molar-refractivity contribution in [3.8, 4) is 0 Å². The molecule has 0 radical (unpaired) electrons. The zero-order valence-corrected chi connectivity index (χ0v) is 20.1. The summed E-state index contributed by atoms with van der Waals surface area (Å²) in [7, 11) is 0. The number of nitrogens with one attached hydrogen (secondary N) is 1. The zero-order valence-electron chi connectivity index (χ0n) is 20.1. The van der Waals surface area contributed by atoms with Crippen molar-refractivity contribution >= 4 is 40.1 Å². The summed E-state index contributed by atoms with van der Waals surface area (Å²) < 4.78 is 1.51. The fraction of sp³-hybridized carbons (Fsp3) is 0.333. The number of carbonyl (C=O) groups is 1. The highest BCUT2D eigenvalue weighted by Gasteiger charge is 2.23. The summed E-state index contributed by atoms with van der Waals surface area (Å²) in [5.41, 5.74) is 11.3. The summed E-state index contributed by atoms with van der Waals surface area (Å²) in [5.74, 6) is 0.437. The Morgan fingerprint density at radius 1 is 1.06 bits per heavy atom. The fourth-order valence-electron chi connectivity index (χ4n) is 3.92. The van der Waals surface area contributed by atoms with Gasteiger partial charge in [-0.3, -0.25) is 4.79 Å². The molecule has 0 saturated carbocycles. The Kier molecular flexibility index (Phi) is 7.21. The van der Waals surface area contributed by atoms with Crippen molar-refractivity contribution in [1.29, 1.82) is 0 Å². The van der Waals surface area contributed by atoms with E-state index in [0.29, 0.717) is 34.7 Å². The van der Waals surface area contributed by atoms with Crippen LogP contribution in [0.5, 0.6) is 0 Å². The molecule has 0 aliphatic carbocycles. The smallest absolute Gasteiger partial charge is 0.257 e. The fourth-order valence-corrected chi connectivity index (χ4v) is 3.92. The van der Waals surface area contributed by atoms with Gasteiger partial charge in [-0.05, 0) is 35.6 Å². The van der Waals surface area contributed by atoms with Gasteiger partial charge in [-0.2, -0.15) is 9.78 Å². The topological polar surface area (TPSA) is 98.2 Å². The quantitative estimate of drug-likeness (QED) is 0.257. The Hall–Kier alpha value is -3.74. The third-order valence-corrected chi connectivity index (χ3v) is 5.94. The molecule has 0 spiro atoms. The van der Waals surface area contributed by atoms with Gasteiger partial charge >= 0.3 is 0 Å². The monoisotopic (exact) mass is 456 g/mol. The van der Waals surface area contributed by atoms with Crippen molar-refractivity contribution in [3.05, 3.63) is 65.2 Å². The average molecular weight is 457 g/mol. The van der Waals surface area contributed by atoms with Gasteiger partial charge in [0.25, 0.3) is 5.91 Å². The van der Waals surface area contributed by atoms with E-state index in [1.807, 2.05) is 36.4 Å². The summed E-state index contributed by atoms with van der Waals surface area (Å²) in [6, 6.07) is 15.8. The number of benzene rings is 2. The van der Waals surface area contributed by atoms with E-state index >= 15 is 0 Å². The number of hydrogen-bond acceptors (Lipinski definition) is 5. The van der Waals surface area contributed by atoms with Gasteiger partial charge in [-0.25, -0.2) is 9.97 Å². The van der Waals surface area contributed by atoms with E-state index in [1.165, 1.54) is 10.2 Å². The molecule has 7 nitrogen and oxygen atoms in total. The van der Waals surface area contributed by atoms with Gasteiger partial charge in [0, 0.05) is 6.54 Å². The van der Waals surface area contributed by atoms with Crippen LogP contribution in [0.1, 0.15) is 73.9 Å². The molecule has 34 heavy (non-hydrogen) atoms. The largest absolute Gasteiger partial charge is 0.383 e.